The van der Waals surface area contributed by atoms with E-state index < -0.39 is 4.92 Å². The largest absolute Gasteiger partial charge is 0.331 e. The van der Waals surface area contributed by atoms with Crippen LogP contribution in [-0.2, 0) is 0 Å². The fraction of sp³-hybridized carbons (Fsp3) is 0.105. The molecule has 0 spiro atoms. The van der Waals surface area contributed by atoms with Crippen molar-refractivity contribution in [3.05, 3.63) is 68.7 Å². The number of amides is 1. The second-order valence-electron chi connectivity index (χ2n) is 6.36. The molecule has 4 aromatic rings. The molecule has 29 heavy (non-hydrogen) atoms. The lowest BCUT2D eigenvalue weighted by Crippen LogP contribution is -2.12. The second kappa shape index (κ2) is 7.57. The number of nitrogens with one attached hydrogen (secondary N) is 2. The van der Waals surface area contributed by atoms with Gasteiger partial charge in [0.1, 0.15) is 5.69 Å². The molecule has 0 fully saturated rings. The van der Waals surface area contributed by atoms with Gasteiger partial charge in [-0.3, -0.25) is 20.2 Å². The molecule has 2 N–H and O–H groups in total. The third-order valence-corrected chi connectivity index (χ3v) is 5.85. The Hall–Kier alpha value is -3.37. The highest BCUT2D eigenvalue weighted by atomic mass is 32.1. The molecule has 2 heterocycles. The molecule has 4 rings (SSSR count). The molecule has 0 unspecified atom stereocenters. The van der Waals surface area contributed by atoms with Crippen LogP contribution in [0.15, 0.2) is 41.8 Å². The predicted molar refractivity (Wildman–Crippen MR) is 116 cm³/mol. The molecule has 0 aliphatic rings. The number of anilines is 3. The number of thiazole rings is 2. The number of aromatic nitrogens is 2. The highest BCUT2D eigenvalue weighted by Gasteiger charge is 2.15. The fourth-order valence-electron chi connectivity index (χ4n) is 2.75. The van der Waals surface area contributed by atoms with E-state index in [9.17, 15) is 14.9 Å². The van der Waals surface area contributed by atoms with Crippen LogP contribution in [0, 0.1) is 24.0 Å². The molecule has 0 bridgehead atoms. The molecule has 8 nitrogen and oxygen atoms in total. The van der Waals surface area contributed by atoms with Crippen LogP contribution < -0.4 is 10.6 Å². The molecule has 0 aliphatic heterocycles. The quantitative estimate of drug-likeness (QED) is 0.333. The van der Waals surface area contributed by atoms with E-state index in [1.807, 2.05) is 26.0 Å². The van der Waals surface area contributed by atoms with Crippen LogP contribution in [-0.4, -0.2) is 20.8 Å². The van der Waals surface area contributed by atoms with Crippen molar-refractivity contribution in [2.75, 3.05) is 10.6 Å². The Labute approximate surface area is 173 Å². The molecule has 2 aromatic heterocycles. The first-order valence-corrected chi connectivity index (χ1v) is 10.2. The minimum absolute atomic E-state index is 0.0133. The number of carbonyl (C=O) groups is 1. The number of hydrogen-bond acceptors (Lipinski definition) is 8. The lowest BCUT2D eigenvalue weighted by Gasteiger charge is -2.07. The van der Waals surface area contributed by atoms with E-state index in [1.165, 1.54) is 40.4 Å². The van der Waals surface area contributed by atoms with Gasteiger partial charge in [0.2, 0.25) is 0 Å². The number of nitro benzene ring substituents is 1. The highest BCUT2D eigenvalue weighted by Crippen LogP contribution is 2.30. The summed E-state index contributed by atoms with van der Waals surface area (Å²) in [5.41, 5.74) is 4.05. The molecule has 0 radical (unpaired) electrons. The monoisotopic (exact) mass is 425 g/mol. The molecular formula is C19H15N5O3S2. The number of benzene rings is 2. The van der Waals surface area contributed by atoms with Gasteiger partial charge in [0.05, 0.1) is 15.1 Å². The van der Waals surface area contributed by atoms with Crippen molar-refractivity contribution in [3.63, 3.8) is 0 Å². The topological polar surface area (TPSA) is 110 Å². The maximum Gasteiger partial charge on any atom is 0.276 e. The van der Waals surface area contributed by atoms with E-state index >= 15 is 0 Å². The van der Waals surface area contributed by atoms with Gasteiger partial charge in [-0.15, -0.1) is 11.3 Å². The fourth-order valence-corrected chi connectivity index (χ4v) is 4.34. The van der Waals surface area contributed by atoms with Gasteiger partial charge in [0.25, 0.3) is 11.6 Å². The first-order valence-electron chi connectivity index (χ1n) is 8.55. The third-order valence-electron chi connectivity index (χ3n) is 4.16. The summed E-state index contributed by atoms with van der Waals surface area (Å²) in [5, 5.41) is 19.5. The van der Waals surface area contributed by atoms with E-state index in [0.29, 0.717) is 20.5 Å². The Balaban J connectivity index is 1.49. The van der Waals surface area contributed by atoms with Crippen molar-refractivity contribution in [2.24, 2.45) is 0 Å². The van der Waals surface area contributed by atoms with Gasteiger partial charge in [-0.1, -0.05) is 29.0 Å². The van der Waals surface area contributed by atoms with Crippen molar-refractivity contribution >= 4 is 60.4 Å². The van der Waals surface area contributed by atoms with Gasteiger partial charge in [-0.05, 0) is 31.5 Å². The average Bonchev–Trinajstić information content (AvgIpc) is 3.29. The number of non-ortho nitro benzene ring substituents is 1. The number of nitro groups is 1. The molecule has 2 aromatic carbocycles. The van der Waals surface area contributed by atoms with E-state index in [-0.39, 0.29) is 17.3 Å². The zero-order valence-electron chi connectivity index (χ0n) is 15.4. The van der Waals surface area contributed by atoms with E-state index in [4.69, 9.17) is 0 Å². The van der Waals surface area contributed by atoms with Gasteiger partial charge in [-0.25, -0.2) is 9.97 Å². The molecule has 0 atom stereocenters. The lowest BCUT2D eigenvalue weighted by molar-refractivity contribution is -0.384. The normalized spacial score (nSPS) is 10.8. The summed E-state index contributed by atoms with van der Waals surface area (Å²) in [6.45, 7) is 4.04. The Kier molecular flexibility index (Phi) is 4.95. The summed E-state index contributed by atoms with van der Waals surface area (Å²) in [6, 6.07) is 10.5. The highest BCUT2D eigenvalue weighted by molar-refractivity contribution is 7.22. The summed E-state index contributed by atoms with van der Waals surface area (Å²) in [4.78, 5) is 31.6. The van der Waals surface area contributed by atoms with Crippen LogP contribution in [0.1, 0.15) is 21.6 Å². The molecule has 1 amide bonds. The molecule has 146 valence electrons. The smallest absolute Gasteiger partial charge is 0.276 e. The van der Waals surface area contributed by atoms with E-state index in [1.54, 1.807) is 11.4 Å². The summed E-state index contributed by atoms with van der Waals surface area (Å²) in [7, 11) is 0. The van der Waals surface area contributed by atoms with Crippen molar-refractivity contribution in [1.82, 2.24) is 9.97 Å². The Morgan fingerprint density at radius 1 is 1.10 bits per heavy atom. The van der Waals surface area contributed by atoms with E-state index in [2.05, 4.69) is 26.7 Å². The summed E-state index contributed by atoms with van der Waals surface area (Å²) < 4.78 is 0.630. The molecule has 0 saturated carbocycles. The van der Waals surface area contributed by atoms with Gasteiger partial charge in [-0.2, -0.15) is 0 Å². The Bertz CT molecular complexity index is 1250. The van der Waals surface area contributed by atoms with Crippen molar-refractivity contribution < 1.29 is 9.72 Å². The van der Waals surface area contributed by atoms with Crippen LogP contribution in [0.2, 0.25) is 0 Å². The Morgan fingerprint density at radius 3 is 2.69 bits per heavy atom. The van der Waals surface area contributed by atoms with Crippen LogP contribution in [0.5, 0.6) is 0 Å². The van der Waals surface area contributed by atoms with Gasteiger partial charge >= 0.3 is 0 Å². The number of carbonyl (C=O) groups excluding carboxylic acids is 1. The van der Waals surface area contributed by atoms with Gasteiger partial charge in [0.15, 0.2) is 10.3 Å². The zero-order valence-corrected chi connectivity index (χ0v) is 17.1. The first-order chi connectivity index (χ1) is 13.9. The maximum absolute atomic E-state index is 12.5. The molecule has 0 saturated heterocycles. The number of hydrogen-bond donors (Lipinski definition) is 2. The minimum Gasteiger partial charge on any atom is -0.331 e. The van der Waals surface area contributed by atoms with Gasteiger partial charge < -0.3 is 5.32 Å². The van der Waals surface area contributed by atoms with Crippen LogP contribution in [0.4, 0.5) is 21.6 Å². The zero-order chi connectivity index (χ0) is 20.5. The summed E-state index contributed by atoms with van der Waals surface area (Å²) >= 11 is 2.51. The number of aryl methyl sites for hydroxylation is 2. The van der Waals surface area contributed by atoms with Crippen molar-refractivity contribution in [3.8, 4) is 0 Å². The number of rotatable bonds is 5. The predicted octanol–water partition coefficient (Wildman–Crippen LogP) is 5.27. The SMILES string of the molecule is Cc1ccc(Nc2nc(C(=O)Nc3nc4ccc([N+](=O)[O-])cc4s3)cs2)c(C)c1. The molecular weight excluding hydrogens is 410 g/mol. The van der Waals surface area contributed by atoms with Crippen LogP contribution >= 0.6 is 22.7 Å². The number of nitrogens with zero attached hydrogens (tertiary/aromatic N) is 3. The summed E-state index contributed by atoms with van der Waals surface area (Å²) in [5.74, 6) is -0.386. The summed E-state index contributed by atoms with van der Waals surface area (Å²) in [6.07, 6.45) is 0. The standard InChI is InChI=1S/C19H15N5O3S2/c1-10-3-5-13(11(2)7-10)20-18-22-15(9-28-18)17(25)23-19-21-14-6-4-12(24(26)27)8-16(14)29-19/h3-9H,1-2H3,(H,20,22)(H,21,23,25). The van der Waals surface area contributed by atoms with Crippen LogP contribution in [0.25, 0.3) is 10.2 Å². The van der Waals surface area contributed by atoms with Crippen molar-refractivity contribution in [2.45, 2.75) is 13.8 Å². The van der Waals surface area contributed by atoms with Crippen LogP contribution in [0.3, 0.4) is 0 Å². The Morgan fingerprint density at radius 2 is 1.93 bits per heavy atom. The minimum atomic E-state index is -0.461. The molecule has 0 aliphatic carbocycles. The first kappa shape index (κ1) is 19.0. The maximum atomic E-state index is 12.5. The third kappa shape index (κ3) is 4.08. The number of fused-ring (bicyclic) bond motifs is 1. The lowest BCUT2D eigenvalue weighted by atomic mass is 10.1. The second-order valence-corrected chi connectivity index (χ2v) is 8.25. The van der Waals surface area contributed by atoms with Gasteiger partial charge in [0, 0.05) is 23.2 Å². The van der Waals surface area contributed by atoms with Crippen molar-refractivity contribution in [1.29, 1.82) is 0 Å². The average molecular weight is 425 g/mol. The molecule has 10 heteroatoms. The van der Waals surface area contributed by atoms with E-state index in [0.717, 1.165) is 11.3 Å².